The smallest absolute Gasteiger partial charge is 0.0499 e. The zero-order chi connectivity index (χ0) is 13.1. The van der Waals surface area contributed by atoms with Crippen LogP contribution >= 0.6 is 11.6 Å². The van der Waals surface area contributed by atoms with Gasteiger partial charge in [-0.15, -0.1) is 0 Å². The Kier molecular flexibility index (Phi) is 3.34. The second-order valence-corrected chi connectivity index (χ2v) is 4.83. The van der Waals surface area contributed by atoms with Crippen molar-refractivity contribution in [1.82, 2.24) is 9.55 Å². The molecule has 0 atom stereocenters. The number of hydrogen-bond donors (Lipinski definition) is 0. The van der Waals surface area contributed by atoms with Crippen LogP contribution in [-0.2, 0) is 6.54 Å². The zero-order valence-corrected chi connectivity index (χ0v) is 11.1. The summed E-state index contributed by atoms with van der Waals surface area (Å²) in [4.78, 5) is 4.17. The van der Waals surface area contributed by atoms with E-state index in [1.807, 2.05) is 24.4 Å². The summed E-state index contributed by atoms with van der Waals surface area (Å²) in [6.45, 7) is 0.828. The topological polar surface area (TPSA) is 17.8 Å². The molecule has 0 saturated heterocycles. The summed E-state index contributed by atoms with van der Waals surface area (Å²) in [5.74, 6) is 0. The first-order chi connectivity index (χ1) is 9.33. The van der Waals surface area contributed by atoms with Gasteiger partial charge in [0.15, 0.2) is 0 Å². The van der Waals surface area contributed by atoms with Crippen LogP contribution in [-0.4, -0.2) is 9.55 Å². The highest BCUT2D eigenvalue weighted by Crippen LogP contribution is 2.20. The van der Waals surface area contributed by atoms with Crippen molar-refractivity contribution in [3.05, 3.63) is 77.7 Å². The van der Waals surface area contributed by atoms with Crippen LogP contribution in [0.4, 0.5) is 0 Å². The standard InChI is InChI=1S/C16H13ClN2/c17-15-7-5-13(6-8-15)12-19-10-2-4-16(19)14-3-1-9-18-11-14/h1-11H,12H2. The van der Waals surface area contributed by atoms with E-state index in [1.165, 1.54) is 11.3 Å². The minimum Gasteiger partial charge on any atom is -0.343 e. The third-order valence-corrected chi connectivity index (χ3v) is 3.30. The Bertz CT molecular complexity index is 657. The molecule has 0 N–H and O–H groups in total. The van der Waals surface area contributed by atoms with Crippen LogP contribution in [0.5, 0.6) is 0 Å². The van der Waals surface area contributed by atoms with E-state index in [4.69, 9.17) is 11.6 Å². The first-order valence-electron chi connectivity index (χ1n) is 6.13. The minimum absolute atomic E-state index is 0.767. The number of aromatic nitrogens is 2. The van der Waals surface area contributed by atoms with Gasteiger partial charge in [0.05, 0.1) is 0 Å². The highest BCUT2D eigenvalue weighted by Gasteiger charge is 2.04. The average molecular weight is 269 g/mol. The van der Waals surface area contributed by atoms with Crippen molar-refractivity contribution in [3.63, 3.8) is 0 Å². The number of rotatable bonds is 3. The molecule has 2 nitrogen and oxygen atoms in total. The molecule has 3 heteroatoms. The average Bonchev–Trinajstić information content (AvgIpc) is 2.90. The lowest BCUT2D eigenvalue weighted by atomic mass is 10.2. The van der Waals surface area contributed by atoms with Crippen LogP contribution in [0.2, 0.25) is 5.02 Å². The third-order valence-electron chi connectivity index (χ3n) is 3.05. The van der Waals surface area contributed by atoms with Crippen LogP contribution < -0.4 is 0 Å². The van der Waals surface area contributed by atoms with Gasteiger partial charge in [-0.3, -0.25) is 4.98 Å². The Morgan fingerprint density at radius 1 is 1.00 bits per heavy atom. The van der Waals surface area contributed by atoms with E-state index in [0.29, 0.717) is 0 Å². The molecule has 3 rings (SSSR count). The molecule has 19 heavy (non-hydrogen) atoms. The fraction of sp³-hybridized carbons (Fsp3) is 0.0625. The maximum Gasteiger partial charge on any atom is 0.0499 e. The lowest BCUT2D eigenvalue weighted by Gasteiger charge is -2.09. The first kappa shape index (κ1) is 12.0. The van der Waals surface area contributed by atoms with E-state index in [-0.39, 0.29) is 0 Å². The number of hydrogen-bond acceptors (Lipinski definition) is 1. The van der Waals surface area contributed by atoms with Gasteiger partial charge < -0.3 is 4.57 Å². The maximum absolute atomic E-state index is 5.91. The number of pyridine rings is 1. The Labute approximate surface area is 117 Å². The number of halogens is 1. The van der Waals surface area contributed by atoms with Gasteiger partial charge in [-0.05, 0) is 42.0 Å². The fourth-order valence-electron chi connectivity index (χ4n) is 2.11. The number of benzene rings is 1. The Hall–Kier alpha value is -2.06. The second kappa shape index (κ2) is 5.29. The van der Waals surface area contributed by atoms with E-state index >= 15 is 0 Å². The molecule has 0 spiro atoms. The molecule has 0 fully saturated rings. The Balaban J connectivity index is 1.91. The molecule has 0 bridgehead atoms. The molecule has 2 aromatic heterocycles. The van der Waals surface area contributed by atoms with Gasteiger partial charge in [-0.2, -0.15) is 0 Å². The van der Waals surface area contributed by atoms with Gasteiger partial charge in [0, 0.05) is 41.4 Å². The monoisotopic (exact) mass is 268 g/mol. The van der Waals surface area contributed by atoms with Crippen LogP contribution in [0, 0.1) is 0 Å². The molecule has 0 aliphatic rings. The van der Waals surface area contributed by atoms with E-state index in [9.17, 15) is 0 Å². The summed E-state index contributed by atoms with van der Waals surface area (Å²) in [5.41, 5.74) is 3.52. The van der Waals surface area contributed by atoms with Crippen molar-refractivity contribution in [1.29, 1.82) is 0 Å². The highest BCUT2D eigenvalue weighted by atomic mass is 35.5. The van der Waals surface area contributed by atoms with Crippen molar-refractivity contribution in [2.45, 2.75) is 6.54 Å². The van der Waals surface area contributed by atoms with E-state index in [2.05, 4.69) is 46.1 Å². The molecule has 0 radical (unpaired) electrons. The summed E-state index contributed by atoms with van der Waals surface area (Å²) < 4.78 is 2.21. The van der Waals surface area contributed by atoms with Crippen molar-refractivity contribution < 1.29 is 0 Å². The zero-order valence-electron chi connectivity index (χ0n) is 10.3. The number of nitrogens with zero attached hydrogens (tertiary/aromatic N) is 2. The van der Waals surface area contributed by atoms with E-state index < -0.39 is 0 Å². The predicted octanol–water partition coefficient (Wildman–Crippen LogP) is 4.25. The summed E-state index contributed by atoms with van der Waals surface area (Å²) in [6, 6.07) is 16.1. The predicted molar refractivity (Wildman–Crippen MR) is 78.2 cm³/mol. The molecular weight excluding hydrogens is 256 g/mol. The van der Waals surface area contributed by atoms with Gasteiger partial charge >= 0.3 is 0 Å². The molecule has 0 aliphatic heterocycles. The Morgan fingerprint density at radius 3 is 2.58 bits per heavy atom. The maximum atomic E-state index is 5.91. The molecule has 2 heterocycles. The molecule has 0 unspecified atom stereocenters. The van der Waals surface area contributed by atoms with Gasteiger partial charge in [0.25, 0.3) is 0 Å². The normalized spacial score (nSPS) is 10.6. The lowest BCUT2D eigenvalue weighted by Crippen LogP contribution is -2.00. The summed E-state index contributed by atoms with van der Waals surface area (Å²) in [5, 5.41) is 0.767. The van der Waals surface area contributed by atoms with Crippen molar-refractivity contribution in [2.24, 2.45) is 0 Å². The molecule has 3 aromatic rings. The second-order valence-electron chi connectivity index (χ2n) is 4.39. The molecule has 1 aromatic carbocycles. The summed E-state index contributed by atoms with van der Waals surface area (Å²) in [6.07, 6.45) is 5.75. The van der Waals surface area contributed by atoms with Crippen LogP contribution in [0.1, 0.15) is 5.56 Å². The molecular formula is C16H13ClN2. The van der Waals surface area contributed by atoms with Crippen molar-refractivity contribution in [3.8, 4) is 11.3 Å². The van der Waals surface area contributed by atoms with Gasteiger partial charge in [-0.1, -0.05) is 23.7 Å². The van der Waals surface area contributed by atoms with E-state index in [1.54, 1.807) is 6.20 Å². The first-order valence-corrected chi connectivity index (χ1v) is 6.51. The van der Waals surface area contributed by atoms with Crippen LogP contribution in [0.25, 0.3) is 11.3 Å². The summed E-state index contributed by atoms with van der Waals surface area (Å²) in [7, 11) is 0. The third kappa shape index (κ3) is 2.69. The van der Waals surface area contributed by atoms with Crippen LogP contribution in [0.15, 0.2) is 67.1 Å². The van der Waals surface area contributed by atoms with Gasteiger partial charge in [-0.25, -0.2) is 0 Å². The van der Waals surface area contributed by atoms with Crippen LogP contribution in [0.3, 0.4) is 0 Å². The largest absolute Gasteiger partial charge is 0.343 e. The minimum atomic E-state index is 0.767. The van der Waals surface area contributed by atoms with E-state index in [0.717, 1.165) is 17.1 Å². The molecule has 0 amide bonds. The van der Waals surface area contributed by atoms with Gasteiger partial charge in [0.1, 0.15) is 0 Å². The fourth-order valence-corrected chi connectivity index (χ4v) is 2.24. The quantitative estimate of drug-likeness (QED) is 0.694. The SMILES string of the molecule is Clc1ccc(Cn2cccc2-c2cccnc2)cc1. The molecule has 0 aliphatic carbocycles. The lowest BCUT2D eigenvalue weighted by molar-refractivity contribution is 0.814. The van der Waals surface area contributed by atoms with Crippen molar-refractivity contribution >= 4 is 11.6 Å². The van der Waals surface area contributed by atoms with Crippen molar-refractivity contribution in [2.75, 3.05) is 0 Å². The molecule has 0 saturated carbocycles. The summed E-state index contributed by atoms with van der Waals surface area (Å²) >= 11 is 5.91. The molecule has 94 valence electrons. The van der Waals surface area contributed by atoms with Gasteiger partial charge in [0.2, 0.25) is 0 Å². The highest BCUT2D eigenvalue weighted by molar-refractivity contribution is 6.30. The Morgan fingerprint density at radius 2 is 1.84 bits per heavy atom.